The Kier molecular flexibility index (Phi) is 3.86. The SMILES string of the molecule is Cc1c(N)cn(CCCn2ccnc2)c(=O)c1Br. The van der Waals surface area contributed by atoms with E-state index in [1.54, 1.807) is 23.3 Å². The lowest BCUT2D eigenvalue weighted by Crippen LogP contribution is -2.22. The number of anilines is 1. The van der Waals surface area contributed by atoms with Crippen LogP contribution in [0, 0.1) is 6.92 Å². The normalized spacial score (nSPS) is 10.8. The maximum absolute atomic E-state index is 12.0. The van der Waals surface area contributed by atoms with Crippen molar-refractivity contribution in [2.75, 3.05) is 5.73 Å². The largest absolute Gasteiger partial charge is 0.397 e. The number of nitrogen functional groups attached to an aromatic ring is 1. The van der Waals surface area contributed by atoms with E-state index in [-0.39, 0.29) is 5.56 Å². The third-order valence-corrected chi connectivity index (χ3v) is 3.81. The summed E-state index contributed by atoms with van der Waals surface area (Å²) >= 11 is 3.28. The highest BCUT2D eigenvalue weighted by atomic mass is 79.9. The van der Waals surface area contributed by atoms with Crippen molar-refractivity contribution in [3.8, 4) is 0 Å². The molecule has 2 heterocycles. The molecule has 0 unspecified atom stereocenters. The van der Waals surface area contributed by atoms with Crippen LogP contribution in [0.15, 0.2) is 34.2 Å². The van der Waals surface area contributed by atoms with Crippen molar-refractivity contribution in [2.24, 2.45) is 0 Å². The van der Waals surface area contributed by atoms with Crippen LogP contribution in [0.4, 0.5) is 5.69 Å². The maximum atomic E-state index is 12.0. The molecule has 0 spiro atoms. The number of hydrogen-bond donors (Lipinski definition) is 1. The summed E-state index contributed by atoms with van der Waals surface area (Å²) in [7, 11) is 0. The zero-order valence-electron chi connectivity index (χ0n) is 10.1. The molecule has 0 aliphatic carbocycles. The summed E-state index contributed by atoms with van der Waals surface area (Å²) in [6, 6.07) is 0. The summed E-state index contributed by atoms with van der Waals surface area (Å²) in [6.45, 7) is 3.30. The molecule has 0 bridgehead atoms. The lowest BCUT2D eigenvalue weighted by molar-refractivity contribution is 0.552. The first-order valence-electron chi connectivity index (χ1n) is 5.70. The zero-order chi connectivity index (χ0) is 13.1. The van der Waals surface area contributed by atoms with E-state index in [9.17, 15) is 4.79 Å². The van der Waals surface area contributed by atoms with Gasteiger partial charge in [-0.25, -0.2) is 4.98 Å². The Hall–Kier alpha value is -1.56. The van der Waals surface area contributed by atoms with Gasteiger partial charge in [0.2, 0.25) is 0 Å². The van der Waals surface area contributed by atoms with Gasteiger partial charge in [-0.15, -0.1) is 0 Å². The summed E-state index contributed by atoms with van der Waals surface area (Å²) < 4.78 is 4.17. The van der Waals surface area contributed by atoms with Gasteiger partial charge < -0.3 is 14.9 Å². The molecular formula is C12H15BrN4O. The van der Waals surface area contributed by atoms with Crippen molar-refractivity contribution in [2.45, 2.75) is 26.4 Å². The minimum atomic E-state index is -0.0349. The average molecular weight is 311 g/mol. The number of hydrogen-bond acceptors (Lipinski definition) is 3. The molecule has 2 rings (SSSR count). The number of pyridine rings is 1. The summed E-state index contributed by atoms with van der Waals surface area (Å²) in [5, 5.41) is 0. The minimum absolute atomic E-state index is 0.0349. The molecule has 2 aromatic rings. The molecule has 0 saturated heterocycles. The van der Waals surface area contributed by atoms with Gasteiger partial charge in [0, 0.05) is 31.7 Å². The van der Waals surface area contributed by atoms with Crippen molar-refractivity contribution < 1.29 is 0 Å². The molecule has 0 fully saturated rings. The highest BCUT2D eigenvalue weighted by molar-refractivity contribution is 9.10. The number of nitrogens with zero attached hydrogens (tertiary/aromatic N) is 3. The van der Waals surface area contributed by atoms with E-state index >= 15 is 0 Å². The van der Waals surface area contributed by atoms with Crippen LogP contribution >= 0.6 is 15.9 Å². The fourth-order valence-electron chi connectivity index (χ4n) is 1.75. The standard InChI is InChI=1S/C12H15BrN4O/c1-9-10(14)7-17(12(18)11(9)13)5-2-4-16-6-3-15-8-16/h3,6-8H,2,4-5,14H2,1H3. The number of aryl methyl sites for hydroxylation is 2. The van der Waals surface area contributed by atoms with Gasteiger partial charge in [-0.05, 0) is 34.8 Å². The predicted molar refractivity (Wildman–Crippen MR) is 74.4 cm³/mol. The first-order chi connectivity index (χ1) is 8.59. The third kappa shape index (κ3) is 2.64. The highest BCUT2D eigenvalue weighted by Gasteiger charge is 2.07. The second-order valence-corrected chi connectivity index (χ2v) is 4.97. The van der Waals surface area contributed by atoms with Gasteiger partial charge in [0.25, 0.3) is 5.56 Å². The van der Waals surface area contributed by atoms with Gasteiger partial charge in [0.05, 0.1) is 16.5 Å². The highest BCUT2D eigenvalue weighted by Crippen LogP contribution is 2.17. The Balaban J connectivity index is 2.08. The molecule has 0 amide bonds. The van der Waals surface area contributed by atoms with Gasteiger partial charge >= 0.3 is 0 Å². The van der Waals surface area contributed by atoms with Crippen LogP contribution < -0.4 is 11.3 Å². The van der Waals surface area contributed by atoms with E-state index in [0.29, 0.717) is 16.7 Å². The molecule has 0 radical (unpaired) electrons. The van der Waals surface area contributed by atoms with E-state index < -0.39 is 0 Å². The lowest BCUT2D eigenvalue weighted by Gasteiger charge is -2.10. The predicted octanol–water partition coefficient (Wildman–Crippen LogP) is 1.79. The van der Waals surface area contributed by atoms with Crippen molar-refractivity contribution in [1.82, 2.24) is 14.1 Å². The lowest BCUT2D eigenvalue weighted by atomic mass is 10.2. The molecular weight excluding hydrogens is 296 g/mol. The smallest absolute Gasteiger partial charge is 0.265 e. The van der Waals surface area contributed by atoms with Gasteiger partial charge in [-0.2, -0.15) is 0 Å². The molecule has 6 heteroatoms. The fraction of sp³-hybridized carbons (Fsp3) is 0.333. The Morgan fingerprint density at radius 3 is 2.89 bits per heavy atom. The van der Waals surface area contributed by atoms with Crippen molar-refractivity contribution in [3.63, 3.8) is 0 Å². The van der Waals surface area contributed by atoms with Crippen LogP contribution in [-0.4, -0.2) is 14.1 Å². The topological polar surface area (TPSA) is 65.8 Å². The fourth-order valence-corrected chi connectivity index (χ4v) is 2.20. The molecule has 0 aliphatic heterocycles. The van der Waals surface area contributed by atoms with E-state index in [1.807, 2.05) is 17.7 Å². The molecule has 2 N–H and O–H groups in total. The van der Waals surface area contributed by atoms with Crippen LogP contribution in [0.2, 0.25) is 0 Å². The van der Waals surface area contributed by atoms with Gasteiger partial charge in [-0.1, -0.05) is 0 Å². The molecule has 5 nitrogen and oxygen atoms in total. The van der Waals surface area contributed by atoms with Gasteiger partial charge in [0.15, 0.2) is 0 Å². The van der Waals surface area contributed by atoms with E-state index in [2.05, 4.69) is 20.9 Å². The zero-order valence-corrected chi connectivity index (χ0v) is 11.7. The van der Waals surface area contributed by atoms with E-state index in [4.69, 9.17) is 5.73 Å². The summed E-state index contributed by atoms with van der Waals surface area (Å²) in [6.07, 6.45) is 7.97. The summed E-state index contributed by atoms with van der Waals surface area (Å²) in [5.41, 5.74) is 7.24. The monoisotopic (exact) mass is 310 g/mol. The van der Waals surface area contributed by atoms with Crippen LogP contribution in [0.5, 0.6) is 0 Å². The first-order valence-corrected chi connectivity index (χ1v) is 6.49. The number of nitrogens with two attached hydrogens (primary N) is 1. The van der Waals surface area contributed by atoms with E-state index in [1.165, 1.54) is 0 Å². The first kappa shape index (κ1) is 12.9. The Labute approximate surface area is 113 Å². The molecule has 0 atom stereocenters. The Bertz CT molecular complexity index is 589. The second-order valence-electron chi connectivity index (χ2n) is 4.18. The van der Waals surface area contributed by atoms with Crippen LogP contribution in [0.25, 0.3) is 0 Å². The molecule has 0 saturated carbocycles. The molecule has 0 aliphatic rings. The quantitative estimate of drug-likeness (QED) is 0.936. The number of halogens is 1. The number of imidazole rings is 1. The van der Waals surface area contributed by atoms with Crippen molar-refractivity contribution in [1.29, 1.82) is 0 Å². The summed E-state index contributed by atoms with van der Waals surface area (Å²) in [5.74, 6) is 0. The van der Waals surface area contributed by atoms with Crippen molar-refractivity contribution in [3.05, 3.63) is 45.3 Å². The summed E-state index contributed by atoms with van der Waals surface area (Å²) in [4.78, 5) is 15.9. The molecule has 18 heavy (non-hydrogen) atoms. The molecule has 96 valence electrons. The van der Waals surface area contributed by atoms with Gasteiger partial charge in [0.1, 0.15) is 0 Å². The second kappa shape index (κ2) is 5.39. The Morgan fingerprint density at radius 1 is 1.44 bits per heavy atom. The third-order valence-electron chi connectivity index (χ3n) is 2.88. The maximum Gasteiger partial charge on any atom is 0.265 e. The molecule has 0 aromatic carbocycles. The van der Waals surface area contributed by atoms with Gasteiger partial charge in [-0.3, -0.25) is 4.79 Å². The average Bonchev–Trinajstić information content (AvgIpc) is 2.86. The van der Waals surface area contributed by atoms with E-state index in [0.717, 1.165) is 18.5 Å². The van der Waals surface area contributed by atoms with Crippen LogP contribution in [0.3, 0.4) is 0 Å². The van der Waals surface area contributed by atoms with Crippen LogP contribution in [0.1, 0.15) is 12.0 Å². The number of aromatic nitrogens is 3. The Morgan fingerprint density at radius 2 is 2.22 bits per heavy atom. The van der Waals surface area contributed by atoms with Crippen LogP contribution in [-0.2, 0) is 13.1 Å². The van der Waals surface area contributed by atoms with Crippen molar-refractivity contribution >= 4 is 21.6 Å². The number of rotatable bonds is 4. The molecule has 2 aromatic heterocycles. The minimum Gasteiger partial charge on any atom is -0.397 e.